The highest BCUT2D eigenvalue weighted by atomic mass is 15.3. The molecule has 0 bridgehead atoms. The normalized spacial score (nSPS) is 19.9. The second kappa shape index (κ2) is 6.95. The highest BCUT2D eigenvalue weighted by molar-refractivity contribution is 5.02. The van der Waals surface area contributed by atoms with E-state index in [1.807, 2.05) is 0 Å². The average molecular weight is 291 g/mol. The fraction of sp³-hybridized carbons (Fsp3) is 0.833. The lowest BCUT2D eigenvalue weighted by molar-refractivity contribution is 0.285. The van der Waals surface area contributed by atoms with Crippen molar-refractivity contribution in [1.82, 2.24) is 9.78 Å². The van der Waals surface area contributed by atoms with Crippen LogP contribution in [0.15, 0.2) is 12.3 Å². The second-order valence-electron chi connectivity index (χ2n) is 8.30. The van der Waals surface area contributed by atoms with Crippen molar-refractivity contribution in [2.24, 2.45) is 17.1 Å². The van der Waals surface area contributed by atoms with Gasteiger partial charge in [0.15, 0.2) is 0 Å². The Morgan fingerprint density at radius 3 is 2.62 bits per heavy atom. The molecule has 1 aromatic rings. The van der Waals surface area contributed by atoms with Gasteiger partial charge in [-0.1, -0.05) is 40.5 Å². The average Bonchev–Trinajstić information content (AvgIpc) is 2.94. The maximum atomic E-state index is 6.34. The molecule has 3 nitrogen and oxygen atoms in total. The van der Waals surface area contributed by atoms with Gasteiger partial charge in [0.25, 0.3) is 0 Å². The van der Waals surface area contributed by atoms with Gasteiger partial charge in [0.1, 0.15) is 0 Å². The minimum Gasteiger partial charge on any atom is -0.327 e. The van der Waals surface area contributed by atoms with Gasteiger partial charge in [0.2, 0.25) is 0 Å². The molecular weight excluding hydrogens is 258 g/mol. The Hall–Kier alpha value is -0.830. The molecule has 1 heterocycles. The number of nitrogens with zero attached hydrogens (tertiary/aromatic N) is 2. The fourth-order valence-electron chi connectivity index (χ4n) is 3.86. The third kappa shape index (κ3) is 5.46. The van der Waals surface area contributed by atoms with Crippen molar-refractivity contribution in [1.29, 1.82) is 0 Å². The molecule has 1 aliphatic rings. The van der Waals surface area contributed by atoms with Crippen LogP contribution in [-0.4, -0.2) is 15.8 Å². The van der Waals surface area contributed by atoms with Gasteiger partial charge in [-0.05, 0) is 43.1 Å². The maximum Gasteiger partial charge on any atom is 0.0640 e. The summed E-state index contributed by atoms with van der Waals surface area (Å²) < 4.78 is 2.17. The summed E-state index contributed by atoms with van der Waals surface area (Å²) in [6, 6.07) is 3.02. The van der Waals surface area contributed by atoms with Crippen molar-refractivity contribution in [3.63, 3.8) is 0 Å². The second-order valence-corrected chi connectivity index (χ2v) is 8.30. The summed E-state index contributed by atoms with van der Waals surface area (Å²) in [7, 11) is 0. The zero-order valence-electron chi connectivity index (χ0n) is 14.3. The van der Waals surface area contributed by atoms with Gasteiger partial charge in [0, 0.05) is 18.7 Å². The molecule has 0 spiro atoms. The Balaban J connectivity index is 1.81. The van der Waals surface area contributed by atoms with E-state index in [1.54, 1.807) is 0 Å². The molecule has 2 rings (SSSR count). The molecule has 3 heteroatoms. The van der Waals surface area contributed by atoms with Gasteiger partial charge in [-0.2, -0.15) is 5.10 Å². The molecule has 0 radical (unpaired) electrons. The Bertz CT molecular complexity index is 424. The zero-order valence-corrected chi connectivity index (χ0v) is 14.3. The first kappa shape index (κ1) is 16.5. The number of hydrogen-bond donors (Lipinski definition) is 1. The molecule has 0 aromatic carbocycles. The number of hydrogen-bond acceptors (Lipinski definition) is 2. The van der Waals surface area contributed by atoms with E-state index in [-0.39, 0.29) is 6.04 Å². The predicted octanol–water partition coefficient (Wildman–Crippen LogP) is 4.33. The molecule has 1 saturated carbocycles. The molecule has 120 valence electrons. The van der Waals surface area contributed by atoms with Crippen LogP contribution in [0.2, 0.25) is 0 Å². The van der Waals surface area contributed by atoms with Crippen molar-refractivity contribution in [2.45, 2.75) is 84.7 Å². The summed E-state index contributed by atoms with van der Waals surface area (Å²) in [5.41, 5.74) is 7.90. The third-order valence-electron chi connectivity index (χ3n) is 4.50. The van der Waals surface area contributed by atoms with E-state index in [0.717, 1.165) is 18.5 Å². The summed E-state index contributed by atoms with van der Waals surface area (Å²) in [6.45, 7) is 9.23. The van der Waals surface area contributed by atoms with E-state index in [9.17, 15) is 0 Å². The Kier molecular flexibility index (Phi) is 5.48. The van der Waals surface area contributed by atoms with Crippen LogP contribution in [0.25, 0.3) is 0 Å². The van der Waals surface area contributed by atoms with Crippen LogP contribution in [0.4, 0.5) is 0 Å². The minimum atomic E-state index is 0.231. The molecule has 2 N–H and O–H groups in total. The topological polar surface area (TPSA) is 43.8 Å². The van der Waals surface area contributed by atoms with Crippen LogP contribution in [-0.2, 0) is 6.42 Å². The molecule has 0 aliphatic heterocycles. The molecule has 2 atom stereocenters. The lowest BCUT2D eigenvalue weighted by atomic mass is 9.82. The highest BCUT2D eigenvalue weighted by Crippen LogP contribution is 2.29. The van der Waals surface area contributed by atoms with Crippen LogP contribution >= 0.6 is 0 Å². The molecule has 0 amide bonds. The monoisotopic (exact) mass is 291 g/mol. The van der Waals surface area contributed by atoms with Crippen molar-refractivity contribution in [3.8, 4) is 0 Å². The van der Waals surface area contributed by atoms with Gasteiger partial charge in [0.05, 0.1) is 11.7 Å². The molecule has 0 saturated heterocycles. The van der Waals surface area contributed by atoms with Gasteiger partial charge in [-0.3, -0.25) is 4.68 Å². The first-order chi connectivity index (χ1) is 9.83. The van der Waals surface area contributed by atoms with Crippen molar-refractivity contribution >= 4 is 0 Å². The summed E-state index contributed by atoms with van der Waals surface area (Å²) in [5.74, 6) is 0.678. The summed E-state index contributed by atoms with van der Waals surface area (Å²) in [4.78, 5) is 0. The molecule has 21 heavy (non-hydrogen) atoms. The van der Waals surface area contributed by atoms with Crippen molar-refractivity contribution < 1.29 is 0 Å². The lowest BCUT2D eigenvalue weighted by Gasteiger charge is -2.25. The van der Waals surface area contributed by atoms with Gasteiger partial charge < -0.3 is 5.73 Å². The standard InChI is InChI=1S/C18H33N3/c1-14(13-18(2,3)4)11-15(19)12-16-9-10-21(20-16)17-7-5-6-8-17/h9-10,14-15,17H,5-8,11-13,19H2,1-4H3. The lowest BCUT2D eigenvalue weighted by Crippen LogP contribution is -2.27. The summed E-state index contributed by atoms with van der Waals surface area (Å²) in [6.07, 6.45) is 10.7. The fourth-order valence-corrected chi connectivity index (χ4v) is 3.86. The molecular formula is C18H33N3. The molecule has 1 aromatic heterocycles. The van der Waals surface area contributed by atoms with E-state index in [0.29, 0.717) is 17.4 Å². The first-order valence-corrected chi connectivity index (χ1v) is 8.63. The highest BCUT2D eigenvalue weighted by Gasteiger charge is 2.20. The van der Waals surface area contributed by atoms with E-state index in [1.165, 1.54) is 32.1 Å². The predicted molar refractivity (Wildman–Crippen MR) is 89.3 cm³/mol. The van der Waals surface area contributed by atoms with E-state index in [2.05, 4.69) is 44.6 Å². The van der Waals surface area contributed by atoms with Crippen LogP contribution < -0.4 is 5.73 Å². The summed E-state index contributed by atoms with van der Waals surface area (Å²) in [5, 5.41) is 4.75. The summed E-state index contributed by atoms with van der Waals surface area (Å²) >= 11 is 0. The Morgan fingerprint density at radius 1 is 1.33 bits per heavy atom. The van der Waals surface area contributed by atoms with E-state index < -0.39 is 0 Å². The van der Waals surface area contributed by atoms with Crippen LogP contribution in [0.3, 0.4) is 0 Å². The first-order valence-electron chi connectivity index (χ1n) is 8.63. The smallest absolute Gasteiger partial charge is 0.0640 e. The SMILES string of the molecule is CC(CC(N)Cc1ccn(C2CCCC2)n1)CC(C)(C)C. The number of rotatable bonds is 6. The quantitative estimate of drug-likeness (QED) is 0.847. The van der Waals surface area contributed by atoms with Gasteiger partial charge in [-0.15, -0.1) is 0 Å². The number of nitrogens with two attached hydrogens (primary N) is 1. The number of aromatic nitrogens is 2. The largest absolute Gasteiger partial charge is 0.327 e. The molecule has 2 unspecified atom stereocenters. The van der Waals surface area contributed by atoms with Crippen LogP contribution in [0.1, 0.15) is 78.0 Å². The zero-order chi connectivity index (χ0) is 15.5. The Morgan fingerprint density at radius 2 is 2.00 bits per heavy atom. The van der Waals surface area contributed by atoms with Crippen molar-refractivity contribution in [3.05, 3.63) is 18.0 Å². The van der Waals surface area contributed by atoms with Gasteiger partial charge in [-0.25, -0.2) is 0 Å². The maximum absolute atomic E-state index is 6.34. The molecule has 1 aliphatic carbocycles. The minimum absolute atomic E-state index is 0.231. The van der Waals surface area contributed by atoms with Crippen LogP contribution in [0.5, 0.6) is 0 Å². The van der Waals surface area contributed by atoms with Crippen LogP contribution in [0, 0.1) is 11.3 Å². The van der Waals surface area contributed by atoms with Crippen molar-refractivity contribution in [2.75, 3.05) is 0 Å². The van der Waals surface area contributed by atoms with Gasteiger partial charge >= 0.3 is 0 Å². The van der Waals surface area contributed by atoms with E-state index >= 15 is 0 Å². The van der Waals surface area contributed by atoms with E-state index in [4.69, 9.17) is 10.8 Å². The third-order valence-corrected chi connectivity index (χ3v) is 4.50. The Labute approximate surface area is 130 Å². The molecule has 1 fully saturated rings.